The summed E-state index contributed by atoms with van der Waals surface area (Å²) < 4.78 is 23.8. The Kier molecular flexibility index (Phi) is 4.14. The number of likely N-dealkylation sites (tertiary alicyclic amines) is 1. The lowest BCUT2D eigenvalue weighted by Crippen LogP contribution is -2.33. The highest BCUT2D eigenvalue weighted by Crippen LogP contribution is 2.34. The molecule has 1 atom stereocenters. The second-order valence-corrected chi connectivity index (χ2v) is 8.50. The molecule has 7 heteroatoms. The number of H-pyrrole nitrogens is 1. The standard InChI is InChI=1S/C14H19N3O2S2/c1-21(18,19)13-9-15-16-14(13)12-6-2-3-7-17(12)10-11-5-4-8-20-11/h4-5,8-9,12H,2-3,6-7,10H2,1H3,(H,15,16)/t12-/m0/s1. The summed E-state index contributed by atoms with van der Waals surface area (Å²) in [6.45, 7) is 1.86. The molecule has 0 bridgehead atoms. The van der Waals surface area contributed by atoms with Crippen molar-refractivity contribution in [3.05, 3.63) is 34.3 Å². The maximum Gasteiger partial charge on any atom is 0.178 e. The Morgan fingerprint density at radius 1 is 1.48 bits per heavy atom. The van der Waals surface area contributed by atoms with Gasteiger partial charge in [-0.15, -0.1) is 11.3 Å². The lowest BCUT2D eigenvalue weighted by atomic mass is 9.99. The van der Waals surface area contributed by atoms with Crippen molar-refractivity contribution in [1.29, 1.82) is 0 Å². The van der Waals surface area contributed by atoms with Crippen LogP contribution in [0.4, 0.5) is 0 Å². The van der Waals surface area contributed by atoms with Crippen molar-refractivity contribution < 1.29 is 8.42 Å². The Morgan fingerprint density at radius 2 is 2.33 bits per heavy atom. The third-order valence-electron chi connectivity index (χ3n) is 3.92. The van der Waals surface area contributed by atoms with Gasteiger partial charge in [-0.1, -0.05) is 12.5 Å². The molecule has 1 fully saturated rings. The van der Waals surface area contributed by atoms with Crippen LogP contribution in [-0.2, 0) is 16.4 Å². The van der Waals surface area contributed by atoms with Crippen LogP contribution in [0.1, 0.15) is 35.9 Å². The number of aromatic amines is 1. The molecule has 0 spiro atoms. The molecular weight excluding hydrogens is 306 g/mol. The largest absolute Gasteiger partial charge is 0.290 e. The first-order valence-electron chi connectivity index (χ1n) is 7.05. The summed E-state index contributed by atoms with van der Waals surface area (Å²) in [5, 5.41) is 8.97. The topological polar surface area (TPSA) is 66.1 Å². The maximum atomic E-state index is 11.9. The van der Waals surface area contributed by atoms with Gasteiger partial charge in [0.2, 0.25) is 0 Å². The Balaban J connectivity index is 1.89. The number of nitrogens with one attached hydrogen (secondary N) is 1. The van der Waals surface area contributed by atoms with Crippen LogP contribution < -0.4 is 0 Å². The molecule has 1 N–H and O–H groups in total. The third kappa shape index (κ3) is 3.20. The van der Waals surface area contributed by atoms with E-state index in [4.69, 9.17) is 0 Å². The second-order valence-electron chi connectivity index (χ2n) is 5.48. The van der Waals surface area contributed by atoms with E-state index in [-0.39, 0.29) is 6.04 Å². The lowest BCUT2D eigenvalue weighted by Gasteiger charge is -2.35. The van der Waals surface area contributed by atoms with Crippen LogP contribution in [0.3, 0.4) is 0 Å². The number of rotatable bonds is 4. The molecule has 5 nitrogen and oxygen atoms in total. The van der Waals surface area contributed by atoms with Gasteiger partial charge in [-0.2, -0.15) is 5.10 Å². The molecule has 3 rings (SSSR count). The molecule has 0 unspecified atom stereocenters. The van der Waals surface area contributed by atoms with E-state index in [0.29, 0.717) is 4.90 Å². The predicted molar refractivity (Wildman–Crippen MR) is 83.0 cm³/mol. The van der Waals surface area contributed by atoms with Crippen LogP contribution in [0.2, 0.25) is 0 Å². The van der Waals surface area contributed by atoms with Gasteiger partial charge in [0.25, 0.3) is 0 Å². The summed E-state index contributed by atoms with van der Waals surface area (Å²) >= 11 is 1.74. The van der Waals surface area contributed by atoms with Gasteiger partial charge in [0.05, 0.1) is 17.9 Å². The highest BCUT2D eigenvalue weighted by Gasteiger charge is 2.30. The molecule has 0 saturated carbocycles. The number of hydrogen-bond donors (Lipinski definition) is 1. The van der Waals surface area contributed by atoms with Crippen molar-refractivity contribution in [2.24, 2.45) is 0 Å². The van der Waals surface area contributed by atoms with E-state index in [1.54, 1.807) is 11.3 Å². The first-order chi connectivity index (χ1) is 10.1. The molecule has 2 aromatic rings. The molecule has 0 radical (unpaired) electrons. The zero-order valence-electron chi connectivity index (χ0n) is 11.9. The highest BCUT2D eigenvalue weighted by molar-refractivity contribution is 7.90. The number of hydrogen-bond acceptors (Lipinski definition) is 5. The summed E-state index contributed by atoms with van der Waals surface area (Å²) in [6, 6.07) is 4.28. The monoisotopic (exact) mass is 325 g/mol. The van der Waals surface area contributed by atoms with Crippen molar-refractivity contribution in [3.8, 4) is 0 Å². The van der Waals surface area contributed by atoms with Crippen LogP contribution in [0.15, 0.2) is 28.6 Å². The minimum Gasteiger partial charge on any atom is -0.290 e. The van der Waals surface area contributed by atoms with Gasteiger partial charge in [0.15, 0.2) is 9.84 Å². The molecule has 1 saturated heterocycles. The fraction of sp³-hybridized carbons (Fsp3) is 0.500. The van der Waals surface area contributed by atoms with Crippen molar-refractivity contribution >= 4 is 21.2 Å². The van der Waals surface area contributed by atoms with Gasteiger partial charge in [0, 0.05) is 17.7 Å². The van der Waals surface area contributed by atoms with Crippen molar-refractivity contribution in [2.75, 3.05) is 12.8 Å². The van der Waals surface area contributed by atoms with Crippen LogP contribution in [-0.4, -0.2) is 36.3 Å². The van der Waals surface area contributed by atoms with E-state index in [2.05, 4.69) is 32.6 Å². The van der Waals surface area contributed by atoms with E-state index in [9.17, 15) is 8.42 Å². The van der Waals surface area contributed by atoms with E-state index >= 15 is 0 Å². The first-order valence-corrected chi connectivity index (χ1v) is 9.82. The number of nitrogens with zero attached hydrogens (tertiary/aromatic N) is 2. The van der Waals surface area contributed by atoms with Crippen molar-refractivity contribution in [3.63, 3.8) is 0 Å². The molecule has 0 aliphatic carbocycles. The molecule has 1 aliphatic heterocycles. The smallest absolute Gasteiger partial charge is 0.178 e. The molecule has 1 aliphatic rings. The summed E-state index contributed by atoms with van der Waals surface area (Å²) in [7, 11) is -3.24. The lowest BCUT2D eigenvalue weighted by molar-refractivity contribution is 0.136. The van der Waals surface area contributed by atoms with Crippen LogP contribution in [0.25, 0.3) is 0 Å². The van der Waals surface area contributed by atoms with Gasteiger partial charge in [0.1, 0.15) is 4.90 Å². The summed E-state index contributed by atoms with van der Waals surface area (Å²) in [4.78, 5) is 4.00. The predicted octanol–water partition coefficient (Wildman–Crippen LogP) is 2.60. The molecule has 21 heavy (non-hydrogen) atoms. The maximum absolute atomic E-state index is 11.9. The van der Waals surface area contributed by atoms with E-state index in [0.717, 1.165) is 38.0 Å². The van der Waals surface area contributed by atoms with Gasteiger partial charge < -0.3 is 0 Å². The molecule has 0 amide bonds. The van der Waals surface area contributed by atoms with Crippen LogP contribution in [0.5, 0.6) is 0 Å². The minimum atomic E-state index is -3.24. The zero-order valence-corrected chi connectivity index (χ0v) is 13.6. The Labute approximate surface area is 128 Å². The normalized spacial score (nSPS) is 20.7. The number of piperidine rings is 1. The molecular formula is C14H19N3O2S2. The first kappa shape index (κ1) is 14.7. The zero-order chi connectivity index (χ0) is 14.9. The third-order valence-corrected chi connectivity index (χ3v) is 5.90. The fourth-order valence-electron chi connectivity index (χ4n) is 2.93. The molecule has 2 aromatic heterocycles. The Hall–Kier alpha value is -1.18. The van der Waals surface area contributed by atoms with Gasteiger partial charge in [-0.05, 0) is 30.8 Å². The second kappa shape index (κ2) is 5.90. The van der Waals surface area contributed by atoms with Gasteiger partial charge in [-0.3, -0.25) is 10.00 Å². The number of thiophene rings is 1. The Bertz CT molecular complexity index is 692. The van der Waals surface area contributed by atoms with Gasteiger partial charge in [-0.25, -0.2) is 8.42 Å². The highest BCUT2D eigenvalue weighted by atomic mass is 32.2. The SMILES string of the molecule is CS(=O)(=O)c1cn[nH]c1[C@@H]1CCCCN1Cc1cccs1. The fourth-order valence-corrected chi connectivity index (χ4v) is 4.48. The molecule has 114 valence electrons. The van der Waals surface area contributed by atoms with Crippen molar-refractivity contribution in [2.45, 2.75) is 36.7 Å². The van der Waals surface area contributed by atoms with Crippen LogP contribution in [0, 0.1) is 0 Å². The number of sulfone groups is 1. The van der Waals surface area contributed by atoms with Crippen LogP contribution >= 0.6 is 11.3 Å². The quantitative estimate of drug-likeness (QED) is 0.938. The minimum absolute atomic E-state index is 0.105. The summed E-state index contributed by atoms with van der Waals surface area (Å²) in [5.74, 6) is 0. The molecule has 3 heterocycles. The molecule has 0 aromatic carbocycles. The Morgan fingerprint density at radius 3 is 3.05 bits per heavy atom. The average molecular weight is 325 g/mol. The van der Waals surface area contributed by atoms with Crippen molar-refractivity contribution in [1.82, 2.24) is 15.1 Å². The van der Waals surface area contributed by atoms with Gasteiger partial charge >= 0.3 is 0 Å². The number of aromatic nitrogens is 2. The van der Waals surface area contributed by atoms with E-state index in [1.165, 1.54) is 17.3 Å². The van der Waals surface area contributed by atoms with E-state index in [1.807, 2.05) is 0 Å². The summed E-state index contributed by atoms with van der Waals surface area (Å²) in [6.07, 6.45) is 5.92. The average Bonchev–Trinajstić information content (AvgIpc) is 3.08. The summed E-state index contributed by atoms with van der Waals surface area (Å²) in [5.41, 5.74) is 0.744. The van der Waals surface area contributed by atoms with E-state index < -0.39 is 9.84 Å².